The van der Waals surface area contributed by atoms with Crippen molar-refractivity contribution in [2.75, 3.05) is 0 Å². The minimum atomic E-state index is -0.263. The van der Waals surface area contributed by atoms with Crippen molar-refractivity contribution < 1.29 is 4.79 Å². The lowest BCUT2D eigenvalue weighted by Crippen LogP contribution is -2.36. The molecule has 0 bridgehead atoms. The van der Waals surface area contributed by atoms with E-state index in [2.05, 4.69) is 17.2 Å². The number of carbonyl (C=O) groups excluding carboxylic acids is 1. The minimum Gasteiger partial charge on any atom is -0.349 e. The van der Waals surface area contributed by atoms with Crippen LogP contribution in [-0.4, -0.2) is 16.9 Å². The van der Waals surface area contributed by atoms with Gasteiger partial charge < -0.3 is 10.3 Å². The molecule has 20 heavy (non-hydrogen) atoms. The molecule has 1 aliphatic rings. The first-order valence-electron chi connectivity index (χ1n) is 7.71. The smallest absolute Gasteiger partial charge is 0.261 e. The zero-order valence-corrected chi connectivity index (χ0v) is 12.4. The van der Waals surface area contributed by atoms with Crippen molar-refractivity contribution in [3.63, 3.8) is 0 Å². The molecule has 0 unspecified atom stereocenters. The number of aromatic amines is 1. The van der Waals surface area contributed by atoms with Gasteiger partial charge in [-0.1, -0.05) is 33.1 Å². The SMILES string of the molecule is CCCc1[nH]c(=O)c(C(=O)NC2CCCC2)cc1CC. The first-order chi connectivity index (χ1) is 9.65. The lowest BCUT2D eigenvalue weighted by Gasteiger charge is -2.13. The Morgan fingerprint density at radius 1 is 1.35 bits per heavy atom. The van der Waals surface area contributed by atoms with Gasteiger partial charge in [-0.2, -0.15) is 0 Å². The average Bonchev–Trinajstić information content (AvgIpc) is 2.92. The second-order valence-corrected chi connectivity index (χ2v) is 5.57. The Morgan fingerprint density at radius 3 is 2.65 bits per heavy atom. The molecule has 1 heterocycles. The summed E-state index contributed by atoms with van der Waals surface area (Å²) in [6.07, 6.45) is 7.04. The third kappa shape index (κ3) is 3.30. The Morgan fingerprint density at radius 2 is 2.05 bits per heavy atom. The van der Waals surface area contributed by atoms with E-state index >= 15 is 0 Å². The summed E-state index contributed by atoms with van der Waals surface area (Å²) in [4.78, 5) is 27.2. The molecule has 4 heteroatoms. The lowest BCUT2D eigenvalue weighted by atomic mass is 10.0. The Kier molecular flexibility index (Phi) is 4.99. The van der Waals surface area contributed by atoms with Gasteiger partial charge in [0.05, 0.1) is 0 Å². The van der Waals surface area contributed by atoms with Crippen LogP contribution < -0.4 is 10.9 Å². The number of nitrogens with one attached hydrogen (secondary N) is 2. The number of hydrogen-bond donors (Lipinski definition) is 2. The normalized spacial score (nSPS) is 15.5. The van der Waals surface area contributed by atoms with Gasteiger partial charge in [-0.3, -0.25) is 9.59 Å². The predicted octanol–water partition coefficient (Wildman–Crippen LogP) is 2.56. The van der Waals surface area contributed by atoms with Crippen molar-refractivity contribution in [1.82, 2.24) is 10.3 Å². The van der Waals surface area contributed by atoms with Gasteiger partial charge in [-0.05, 0) is 37.3 Å². The molecule has 1 fully saturated rings. The van der Waals surface area contributed by atoms with E-state index < -0.39 is 0 Å². The zero-order valence-electron chi connectivity index (χ0n) is 12.4. The van der Waals surface area contributed by atoms with Gasteiger partial charge in [0.1, 0.15) is 5.56 Å². The Labute approximate surface area is 120 Å². The molecule has 1 aromatic rings. The maximum Gasteiger partial charge on any atom is 0.261 e. The maximum absolute atomic E-state index is 12.2. The second-order valence-electron chi connectivity index (χ2n) is 5.57. The highest BCUT2D eigenvalue weighted by molar-refractivity contribution is 5.94. The van der Waals surface area contributed by atoms with Crippen LogP contribution in [0.15, 0.2) is 10.9 Å². The fourth-order valence-electron chi connectivity index (χ4n) is 2.90. The number of rotatable bonds is 5. The van der Waals surface area contributed by atoms with Crippen LogP contribution in [0.25, 0.3) is 0 Å². The minimum absolute atomic E-state index is 0.226. The van der Waals surface area contributed by atoms with Crippen LogP contribution in [0.3, 0.4) is 0 Å². The molecule has 1 saturated carbocycles. The molecule has 1 amide bonds. The van der Waals surface area contributed by atoms with E-state index in [1.165, 1.54) is 0 Å². The van der Waals surface area contributed by atoms with Gasteiger partial charge in [0.15, 0.2) is 0 Å². The van der Waals surface area contributed by atoms with Gasteiger partial charge in [0.25, 0.3) is 11.5 Å². The second kappa shape index (κ2) is 6.73. The summed E-state index contributed by atoms with van der Waals surface area (Å²) in [5.41, 5.74) is 2.04. The van der Waals surface area contributed by atoms with Crippen LogP contribution in [-0.2, 0) is 12.8 Å². The van der Waals surface area contributed by atoms with Gasteiger partial charge >= 0.3 is 0 Å². The molecule has 1 aromatic heterocycles. The highest BCUT2D eigenvalue weighted by Gasteiger charge is 2.20. The summed E-state index contributed by atoms with van der Waals surface area (Å²) >= 11 is 0. The molecule has 0 atom stereocenters. The molecular formula is C16H24N2O2. The third-order valence-electron chi connectivity index (χ3n) is 4.03. The van der Waals surface area contributed by atoms with Crippen molar-refractivity contribution >= 4 is 5.91 Å². The van der Waals surface area contributed by atoms with E-state index in [4.69, 9.17) is 0 Å². The molecule has 0 saturated heterocycles. The highest BCUT2D eigenvalue weighted by Crippen LogP contribution is 2.18. The number of aromatic nitrogens is 1. The fraction of sp³-hybridized carbons (Fsp3) is 0.625. The van der Waals surface area contributed by atoms with Crippen molar-refractivity contribution in [3.05, 3.63) is 33.2 Å². The zero-order chi connectivity index (χ0) is 14.5. The highest BCUT2D eigenvalue weighted by atomic mass is 16.2. The Hall–Kier alpha value is -1.58. The molecule has 110 valence electrons. The molecule has 0 aliphatic heterocycles. The number of H-pyrrole nitrogens is 1. The molecular weight excluding hydrogens is 252 g/mol. The van der Waals surface area contributed by atoms with E-state index in [1.54, 1.807) is 6.07 Å². The molecule has 0 radical (unpaired) electrons. The van der Waals surface area contributed by atoms with E-state index in [9.17, 15) is 9.59 Å². The van der Waals surface area contributed by atoms with Crippen LogP contribution in [0.1, 0.15) is 67.6 Å². The van der Waals surface area contributed by atoms with Gasteiger partial charge in [0.2, 0.25) is 0 Å². The number of aryl methyl sites for hydroxylation is 2. The summed E-state index contributed by atoms with van der Waals surface area (Å²) in [5.74, 6) is -0.226. The van der Waals surface area contributed by atoms with Crippen molar-refractivity contribution in [3.8, 4) is 0 Å². The summed E-state index contributed by atoms with van der Waals surface area (Å²) in [5, 5.41) is 2.98. The van der Waals surface area contributed by atoms with Crippen LogP contribution >= 0.6 is 0 Å². The lowest BCUT2D eigenvalue weighted by molar-refractivity contribution is 0.0936. The van der Waals surface area contributed by atoms with E-state index in [1.807, 2.05) is 6.92 Å². The Balaban J connectivity index is 2.22. The van der Waals surface area contributed by atoms with E-state index in [0.29, 0.717) is 0 Å². The summed E-state index contributed by atoms with van der Waals surface area (Å²) < 4.78 is 0. The first-order valence-corrected chi connectivity index (χ1v) is 7.71. The monoisotopic (exact) mass is 276 g/mol. The third-order valence-corrected chi connectivity index (χ3v) is 4.03. The summed E-state index contributed by atoms with van der Waals surface area (Å²) in [6.45, 7) is 4.13. The predicted molar refractivity (Wildman–Crippen MR) is 80.2 cm³/mol. The summed E-state index contributed by atoms with van der Waals surface area (Å²) in [7, 11) is 0. The average molecular weight is 276 g/mol. The quantitative estimate of drug-likeness (QED) is 0.868. The number of carbonyl (C=O) groups is 1. The van der Waals surface area contributed by atoms with Crippen LogP contribution in [0, 0.1) is 0 Å². The molecule has 1 aliphatic carbocycles. The van der Waals surface area contributed by atoms with Crippen LogP contribution in [0.5, 0.6) is 0 Å². The van der Waals surface area contributed by atoms with Crippen LogP contribution in [0.4, 0.5) is 0 Å². The van der Waals surface area contributed by atoms with Crippen molar-refractivity contribution in [2.45, 2.75) is 64.8 Å². The van der Waals surface area contributed by atoms with Crippen LogP contribution in [0.2, 0.25) is 0 Å². The molecule has 2 rings (SSSR count). The Bertz CT molecular complexity index is 528. The number of amides is 1. The number of hydrogen-bond acceptors (Lipinski definition) is 2. The van der Waals surface area contributed by atoms with E-state index in [0.717, 1.165) is 56.2 Å². The van der Waals surface area contributed by atoms with Crippen molar-refractivity contribution in [1.29, 1.82) is 0 Å². The van der Waals surface area contributed by atoms with Gasteiger partial charge in [-0.15, -0.1) is 0 Å². The molecule has 4 nitrogen and oxygen atoms in total. The molecule has 0 aromatic carbocycles. The summed E-state index contributed by atoms with van der Waals surface area (Å²) in [6, 6.07) is 2.01. The van der Waals surface area contributed by atoms with Crippen molar-refractivity contribution in [2.24, 2.45) is 0 Å². The fourth-order valence-corrected chi connectivity index (χ4v) is 2.90. The molecule has 0 spiro atoms. The van der Waals surface area contributed by atoms with Gasteiger partial charge in [0, 0.05) is 11.7 Å². The topological polar surface area (TPSA) is 62.0 Å². The first kappa shape index (κ1) is 14.8. The standard InChI is InChI=1S/C16H24N2O2/c1-3-7-14-11(4-2)10-13(16(20)18-14)15(19)17-12-8-5-6-9-12/h10,12H,3-9H2,1-2H3,(H,17,19)(H,18,20). The van der Waals surface area contributed by atoms with Gasteiger partial charge in [-0.25, -0.2) is 0 Å². The number of pyridine rings is 1. The van der Waals surface area contributed by atoms with E-state index in [-0.39, 0.29) is 23.1 Å². The molecule has 2 N–H and O–H groups in total. The largest absolute Gasteiger partial charge is 0.349 e. The maximum atomic E-state index is 12.2.